The summed E-state index contributed by atoms with van der Waals surface area (Å²) in [4.78, 5) is 17.3. The molecule has 0 unspecified atom stereocenters. The number of amides is 1. The lowest BCUT2D eigenvalue weighted by molar-refractivity contribution is 0.0949. The molecule has 1 N–H and O–H groups in total. The molecule has 1 amide bonds. The normalized spacial score (nSPS) is 11.0. The van der Waals surface area contributed by atoms with Crippen molar-refractivity contribution in [3.63, 3.8) is 0 Å². The highest BCUT2D eigenvalue weighted by Gasteiger charge is 2.19. The molecule has 0 saturated carbocycles. The first-order chi connectivity index (χ1) is 12.6. The molecule has 0 bridgehead atoms. The van der Waals surface area contributed by atoms with Gasteiger partial charge in [-0.3, -0.25) is 4.79 Å². The van der Waals surface area contributed by atoms with E-state index in [0.717, 1.165) is 26.6 Å². The first kappa shape index (κ1) is 16.5. The monoisotopic (exact) mass is 362 g/mol. The van der Waals surface area contributed by atoms with Crippen LogP contribution in [0.15, 0.2) is 54.6 Å². The second kappa shape index (κ2) is 6.72. The Bertz CT molecular complexity index is 1050. The van der Waals surface area contributed by atoms with E-state index < -0.39 is 0 Å². The molecule has 0 aliphatic heterocycles. The molecule has 0 spiro atoms. The Labute approximate surface area is 155 Å². The fourth-order valence-electron chi connectivity index (χ4n) is 3.03. The summed E-state index contributed by atoms with van der Waals surface area (Å²) in [5, 5.41) is 8.41. The summed E-state index contributed by atoms with van der Waals surface area (Å²) < 4.78 is 2.93. The molecule has 2 aromatic carbocycles. The van der Waals surface area contributed by atoms with Crippen molar-refractivity contribution in [3.8, 4) is 5.69 Å². The highest BCUT2D eigenvalue weighted by molar-refractivity contribution is 7.18. The van der Waals surface area contributed by atoms with Gasteiger partial charge in [0.05, 0.1) is 39.4 Å². The van der Waals surface area contributed by atoms with Crippen molar-refractivity contribution in [2.24, 2.45) is 0 Å². The lowest BCUT2D eigenvalue weighted by Crippen LogP contribution is -2.24. The van der Waals surface area contributed by atoms with Crippen LogP contribution in [0.1, 0.15) is 26.8 Å². The standard InChI is InChI=1S/C20H18N4OS/c1-13-19(14(2)24(23-13)15-8-4-3-5-9-15)20(25)21-12-18-22-16-10-6-7-11-17(16)26-18/h3-11H,12H2,1-2H3,(H,21,25). The van der Waals surface area contributed by atoms with Crippen molar-refractivity contribution < 1.29 is 4.79 Å². The van der Waals surface area contributed by atoms with Crippen LogP contribution in [-0.4, -0.2) is 20.7 Å². The first-order valence-electron chi connectivity index (χ1n) is 8.38. The quantitative estimate of drug-likeness (QED) is 0.596. The molecule has 4 aromatic rings. The SMILES string of the molecule is Cc1nn(-c2ccccc2)c(C)c1C(=O)NCc1nc2ccccc2s1. The van der Waals surface area contributed by atoms with E-state index in [1.807, 2.05) is 73.1 Å². The Kier molecular flexibility index (Phi) is 4.26. The van der Waals surface area contributed by atoms with E-state index in [2.05, 4.69) is 15.4 Å². The van der Waals surface area contributed by atoms with E-state index in [1.165, 1.54) is 0 Å². The Morgan fingerprint density at radius 3 is 2.58 bits per heavy atom. The molecule has 0 saturated heterocycles. The van der Waals surface area contributed by atoms with Crippen molar-refractivity contribution in [3.05, 3.63) is 76.6 Å². The van der Waals surface area contributed by atoms with Gasteiger partial charge in [-0.05, 0) is 38.1 Å². The fourth-order valence-corrected chi connectivity index (χ4v) is 3.94. The van der Waals surface area contributed by atoms with Crippen LogP contribution in [-0.2, 0) is 6.54 Å². The smallest absolute Gasteiger partial charge is 0.255 e. The van der Waals surface area contributed by atoms with Gasteiger partial charge in [0.15, 0.2) is 0 Å². The summed E-state index contributed by atoms with van der Waals surface area (Å²) in [5.41, 5.74) is 4.07. The third kappa shape index (κ3) is 2.99. The zero-order chi connectivity index (χ0) is 18.1. The molecule has 0 atom stereocenters. The van der Waals surface area contributed by atoms with Crippen LogP contribution in [0.25, 0.3) is 15.9 Å². The molecule has 5 nitrogen and oxygen atoms in total. The zero-order valence-corrected chi connectivity index (χ0v) is 15.4. The van der Waals surface area contributed by atoms with Crippen LogP contribution in [0.2, 0.25) is 0 Å². The molecular weight excluding hydrogens is 344 g/mol. The van der Waals surface area contributed by atoms with E-state index in [0.29, 0.717) is 17.8 Å². The molecule has 0 aliphatic rings. The number of fused-ring (bicyclic) bond motifs is 1. The molecular formula is C20H18N4OS. The van der Waals surface area contributed by atoms with Gasteiger partial charge in [0, 0.05) is 0 Å². The average molecular weight is 362 g/mol. The molecule has 2 aromatic heterocycles. The number of hydrogen-bond donors (Lipinski definition) is 1. The minimum Gasteiger partial charge on any atom is -0.345 e. The van der Waals surface area contributed by atoms with Crippen LogP contribution in [0.3, 0.4) is 0 Å². The van der Waals surface area contributed by atoms with Gasteiger partial charge in [-0.15, -0.1) is 11.3 Å². The van der Waals surface area contributed by atoms with E-state index in [4.69, 9.17) is 0 Å². The number of carbonyl (C=O) groups is 1. The third-order valence-corrected chi connectivity index (χ3v) is 5.29. The van der Waals surface area contributed by atoms with Gasteiger partial charge in [-0.1, -0.05) is 30.3 Å². The summed E-state index contributed by atoms with van der Waals surface area (Å²) in [6.45, 7) is 4.19. The maximum atomic E-state index is 12.7. The maximum Gasteiger partial charge on any atom is 0.255 e. The van der Waals surface area contributed by atoms with Gasteiger partial charge >= 0.3 is 0 Å². The van der Waals surface area contributed by atoms with E-state index in [9.17, 15) is 4.79 Å². The van der Waals surface area contributed by atoms with Crippen LogP contribution in [0, 0.1) is 13.8 Å². The minimum atomic E-state index is -0.124. The molecule has 6 heteroatoms. The largest absolute Gasteiger partial charge is 0.345 e. The lowest BCUT2D eigenvalue weighted by atomic mass is 10.2. The van der Waals surface area contributed by atoms with Crippen molar-refractivity contribution in [1.82, 2.24) is 20.1 Å². The molecule has 2 heterocycles. The van der Waals surface area contributed by atoms with Gasteiger partial charge in [-0.25, -0.2) is 9.67 Å². The summed E-state index contributed by atoms with van der Waals surface area (Å²) in [6, 6.07) is 17.8. The minimum absolute atomic E-state index is 0.124. The van der Waals surface area contributed by atoms with Gasteiger partial charge in [-0.2, -0.15) is 5.10 Å². The number of aromatic nitrogens is 3. The molecule has 4 rings (SSSR count). The topological polar surface area (TPSA) is 59.8 Å². The van der Waals surface area contributed by atoms with E-state index in [1.54, 1.807) is 11.3 Å². The van der Waals surface area contributed by atoms with E-state index in [-0.39, 0.29) is 5.91 Å². The number of nitrogens with zero attached hydrogens (tertiary/aromatic N) is 3. The average Bonchev–Trinajstić information content (AvgIpc) is 3.20. The van der Waals surface area contributed by atoms with Crippen LogP contribution >= 0.6 is 11.3 Å². The second-order valence-corrected chi connectivity index (χ2v) is 7.17. The van der Waals surface area contributed by atoms with Crippen LogP contribution < -0.4 is 5.32 Å². The van der Waals surface area contributed by atoms with Gasteiger partial charge in [0.1, 0.15) is 5.01 Å². The predicted molar refractivity (Wildman–Crippen MR) is 104 cm³/mol. The van der Waals surface area contributed by atoms with Gasteiger partial charge < -0.3 is 5.32 Å². The van der Waals surface area contributed by atoms with Crippen molar-refractivity contribution in [1.29, 1.82) is 0 Å². The first-order valence-corrected chi connectivity index (χ1v) is 9.19. The fraction of sp³-hybridized carbons (Fsp3) is 0.150. The highest BCUT2D eigenvalue weighted by Crippen LogP contribution is 2.22. The van der Waals surface area contributed by atoms with Crippen LogP contribution in [0.5, 0.6) is 0 Å². The van der Waals surface area contributed by atoms with Crippen molar-refractivity contribution >= 4 is 27.5 Å². The van der Waals surface area contributed by atoms with E-state index >= 15 is 0 Å². The summed E-state index contributed by atoms with van der Waals surface area (Å²) in [7, 11) is 0. The number of benzene rings is 2. The maximum absolute atomic E-state index is 12.7. The number of thiazole rings is 1. The number of aryl methyl sites for hydroxylation is 1. The Balaban J connectivity index is 1.55. The predicted octanol–water partition coefficient (Wildman–Crippen LogP) is 4.03. The second-order valence-electron chi connectivity index (χ2n) is 6.05. The molecule has 0 aliphatic carbocycles. The molecule has 0 radical (unpaired) electrons. The highest BCUT2D eigenvalue weighted by atomic mass is 32.1. The number of rotatable bonds is 4. The Morgan fingerprint density at radius 1 is 1.08 bits per heavy atom. The summed E-state index contributed by atoms with van der Waals surface area (Å²) in [6.07, 6.45) is 0. The molecule has 130 valence electrons. The molecule has 26 heavy (non-hydrogen) atoms. The van der Waals surface area contributed by atoms with Gasteiger partial charge in [0.2, 0.25) is 0 Å². The Morgan fingerprint density at radius 2 is 1.81 bits per heavy atom. The molecule has 0 fully saturated rings. The lowest BCUT2D eigenvalue weighted by Gasteiger charge is -2.06. The number of para-hydroxylation sites is 2. The Hall–Kier alpha value is -2.99. The van der Waals surface area contributed by atoms with Crippen molar-refractivity contribution in [2.75, 3.05) is 0 Å². The zero-order valence-electron chi connectivity index (χ0n) is 14.6. The van der Waals surface area contributed by atoms with Crippen molar-refractivity contribution in [2.45, 2.75) is 20.4 Å². The summed E-state index contributed by atoms with van der Waals surface area (Å²) >= 11 is 1.60. The van der Waals surface area contributed by atoms with Gasteiger partial charge in [0.25, 0.3) is 5.91 Å². The number of hydrogen-bond acceptors (Lipinski definition) is 4. The number of carbonyl (C=O) groups excluding carboxylic acids is 1. The summed E-state index contributed by atoms with van der Waals surface area (Å²) in [5.74, 6) is -0.124. The third-order valence-electron chi connectivity index (χ3n) is 4.26. The number of nitrogens with one attached hydrogen (secondary N) is 1. The van der Waals surface area contributed by atoms with Crippen LogP contribution in [0.4, 0.5) is 0 Å².